The Hall–Kier alpha value is -0.910. The molecule has 17 heavy (non-hydrogen) atoms. The quantitative estimate of drug-likeness (QED) is 0.808. The fraction of sp³-hybridized carbons (Fsp3) is 0.750. The Bertz CT molecular complexity index is 358. The highest BCUT2D eigenvalue weighted by Gasteiger charge is 2.30. The average molecular weight is 239 g/mol. The number of aromatic nitrogens is 2. The first-order chi connectivity index (χ1) is 8.11. The summed E-state index contributed by atoms with van der Waals surface area (Å²) in [5.74, 6) is 0. The molecule has 2 heterocycles. The zero-order valence-electron chi connectivity index (χ0n) is 10.5. The van der Waals surface area contributed by atoms with Crippen molar-refractivity contribution in [1.29, 1.82) is 0 Å². The van der Waals surface area contributed by atoms with Crippen molar-refractivity contribution in [2.24, 2.45) is 7.05 Å². The molecule has 5 nitrogen and oxygen atoms in total. The van der Waals surface area contributed by atoms with Gasteiger partial charge >= 0.3 is 0 Å². The summed E-state index contributed by atoms with van der Waals surface area (Å²) in [6, 6.07) is 2.18. The van der Waals surface area contributed by atoms with Crippen molar-refractivity contribution < 1.29 is 9.84 Å². The van der Waals surface area contributed by atoms with Crippen LogP contribution in [-0.4, -0.2) is 40.2 Å². The molecule has 96 valence electrons. The topological polar surface area (TPSA) is 59.3 Å². The molecular weight excluding hydrogens is 218 g/mol. The highest BCUT2D eigenvalue weighted by Crippen LogP contribution is 2.21. The normalized spacial score (nSPS) is 21.4. The number of rotatable bonds is 4. The fourth-order valence-corrected chi connectivity index (χ4v) is 2.18. The molecule has 0 spiro atoms. The van der Waals surface area contributed by atoms with Gasteiger partial charge in [-0.3, -0.25) is 4.68 Å². The van der Waals surface area contributed by atoms with Gasteiger partial charge in [0.25, 0.3) is 0 Å². The largest absolute Gasteiger partial charge is 0.388 e. The van der Waals surface area contributed by atoms with Crippen LogP contribution in [0.3, 0.4) is 0 Å². The number of hydrogen-bond acceptors (Lipinski definition) is 4. The van der Waals surface area contributed by atoms with Gasteiger partial charge in [0.05, 0.1) is 11.3 Å². The molecule has 1 atom stereocenters. The molecular formula is C12H21N3O2. The summed E-state index contributed by atoms with van der Waals surface area (Å²) in [4.78, 5) is 0. The van der Waals surface area contributed by atoms with E-state index in [1.165, 1.54) is 0 Å². The minimum absolute atomic E-state index is 0.189. The van der Waals surface area contributed by atoms with E-state index < -0.39 is 5.60 Å². The van der Waals surface area contributed by atoms with Crippen LogP contribution in [0.15, 0.2) is 12.3 Å². The summed E-state index contributed by atoms with van der Waals surface area (Å²) < 4.78 is 7.11. The molecule has 1 aromatic rings. The SMILES string of the molecule is CC(NCC1(O)CCOCC1)c1ccnn1C. The third-order valence-electron chi connectivity index (χ3n) is 3.46. The van der Waals surface area contributed by atoms with E-state index in [1.807, 2.05) is 17.8 Å². The van der Waals surface area contributed by atoms with E-state index in [0.29, 0.717) is 32.6 Å². The average Bonchev–Trinajstić information content (AvgIpc) is 2.74. The van der Waals surface area contributed by atoms with Crippen LogP contribution in [0.1, 0.15) is 31.5 Å². The van der Waals surface area contributed by atoms with Crippen molar-refractivity contribution >= 4 is 0 Å². The molecule has 1 aliphatic heterocycles. The molecule has 0 aromatic carbocycles. The second-order valence-corrected chi connectivity index (χ2v) is 4.82. The fourth-order valence-electron chi connectivity index (χ4n) is 2.18. The van der Waals surface area contributed by atoms with Gasteiger partial charge in [-0.25, -0.2) is 0 Å². The summed E-state index contributed by atoms with van der Waals surface area (Å²) >= 11 is 0. The minimum Gasteiger partial charge on any atom is -0.388 e. The second-order valence-electron chi connectivity index (χ2n) is 4.82. The number of ether oxygens (including phenoxy) is 1. The number of hydrogen-bond donors (Lipinski definition) is 2. The van der Waals surface area contributed by atoms with E-state index in [4.69, 9.17) is 4.74 Å². The third-order valence-corrected chi connectivity index (χ3v) is 3.46. The van der Waals surface area contributed by atoms with Crippen LogP contribution >= 0.6 is 0 Å². The van der Waals surface area contributed by atoms with Crippen molar-refractivity contribution in [2.45, 2.75) is 31.4 Å². The number of aryl methyl sites for hydroxylation is 1. The predicted molar refractivity (Wildman–Crippen MR) is 64.6 cm³/mol. The molecule has 2 rings (SSSR count). The van der Waals surface area contributed by atoms with E-state index in [-0.39, 0.29) is 6.04 Å². The Morgan fingerprint density at radius 2 is 2.29 bits per heavy atom. The van der Waals surface area contributed by atoms with E-state index in [2.05, 4.69) is 17.3 Å². The molecule has 0 amide bonds. The lowest BCUT2D eigenvalue weighted by Crippen LogP contribution is -2.45. The zero-order chi connectivity index (χ0) is 12.3. The van der Waals surface area contributed by atoms with Crippen LogP contribution in [0.2, 0.25) is 0 Å². The second kappa shape index (κ2) is 5.16. The van der Waals surface area contributed by atoms with Gasteiger partial charge in [0.15, 0.2) is 0 Å². The molecule has 1 unspecified atom stereocenters. The predicted octanol–water partition coefficient (Wildman–Crippen LogP) is 0.612. The highest BCUT2D eigenvalue weighted by atomic mass is 16.5. The summed E-state index contributed by atoms with van der Waals surface area (Å²) in [6.45, 7) is 3.99. The third kappa shape index (κ3) is 3.06. The summed E-state index contributed by atoms with van der Waals surface area (Å²) in [6.07, 6.45) is 3.20. The zero-order valence-corrected chi connectivity index (χ0v) is 10.5. The van der Waals surface area contributed by atoms with E-state index in [9.17, 15) is 5.11 Å². The van der Waals surface area contributed by atoms with Gasteiger partial charge in [-0.2, -0.15) is 5.10 Å². The van der Waals surface area contributed by atoms with Gasteiger partial charge in [-0.15, -0.1) is 0 Å². The molecule has 2 N–H and O–H groups in total. The molecule has 0 aliphatic carbocycles. The Morgan fingerprint density at radius 1 is 1.59 bits per heavy atom. The van der Waals surface area contributed by atoms with Crippen molar-refractivity contribution in [2.75, 3.05) is 19.8 Å². The molecule has 5 heteroatoms. The van der Waals surface area contributed by atoms with Crippen molar-refractivity contribution in [3.63, 3.8) is 0 Å². The van der Waals surface area contributed by atoms with Gasteiger partial charge in [-0.05, 0) is 13.0 Å². The highest BCUT2D eigenvalue weighted by molar-refractivity contribution is 5.05. The van der Waals surface area contributed by atoms with E-state index in [0.717, 1.165) is 5.69 Å². The summed E-state index contributed by atoms with van der Waals surface area (Å²) in [5.41, 5.74) is 0.506. The Kier molecular flexibility index (Phi) is 3.81. The molecule has 0 saturated carbocycles. The van der Waals surface area contributed by atoms with E-state index >= 15 is 0 Å². The smallest absolute Gasteiger partial charge is 0.0815 e. The van der Waals surface area contributed by atoms with Gasteiger partial charge in [0, 0.05) is 51.9 Å². The molecule has 0 radical (unpaired) electrons. The van der Waals surface area contributed by atoms with Crippen LogP contribution in [-0.2, 0) is 11.8 Å². The summed E-state index contributed by atoms with van der Waals surface area (Å²) in [7, 11) is 1.93. The Balaban J connectivity index is 1.87. The molecule has 1 aromatic heterocycles. The van der Waals surface area contributed by atoms with Crippen LogP contribution in [0, 0.1) is 0 Å². The van der Waals surface area contributed by atoms with Gasteiger partial charge in [0.1, 0.15) is 0 Å². The first-order valence-electron chi connectivity index (χ1n) is 6.12. The summed E-state index contributed by atoms with van der Waals surface area (Å²) in [5, 5.41) is 17.8. The van der Waals surface area contributed by atoms with Gasteiger partial charge < -0.3 is 15.2 Å². The van der Waals surface area contributed by atoms with Crippen LogP contribution in [0.5, 0.6) is 0 Å². The van der Waals surface area contributed by atoms with E-state index in [1.54, 1.807) is 6.20 Å². The van der Waals surface area contributed by atoms with Crippen LogP contribution in [0.25, 0.3) is 0 Å². The lowest BCUT2D eigenvalue weighted by molar-refractivity contribution is -0.0626. The Morgan fingerprint density at radius 3 is 2.88 bits per heavy atom. The molecule has 0 bridgehead atoms. The maximum Gasteiger partial charge on any atom is 0.0815 e. The first-order valence-corrected chi connectivity index (χ1v) is 6.12. The lowest BCUT2D eigenvalue weighted by Gasteiger charge is -2.33. The van der Waals surface area contributed by atoms with Crippen LogP contribution < -0.4 is 5.32 Å². The van der Waals surface area contributed by atoms with Crippen molar-refractivity contribution in [3.8, 4) is 0 Å². The van der Waals surface area contributed by atoms with Crippen LogP contribution in [0.4, 0.5) is 0 Å². The maximum atomic E-state index is 10.3. The van der Waals surface area contributed by atoms with Gasteiger partial charge in [-0.1, -0.05) is 0 Å². The first kappa shape index (κ1) is 12.5. The molecule has 1 fully saturated rings. The molecule has 1 aliphatic rings. The van der Waals surface area contributed by atoms with Crippen molar-refractivity contribution in [1.82, 2.24) is 15.1 Å². The monoisotopic (exact) mass is 239 g/mol. The number of nitrogens with zero attached hydrogens (tertiary/aromatic N) is 2. The number of nitrogens with one attached hydrogen (secondary N) is 1. The standard InChI is InChI=1S/C12H21N3O2/c1-10(11-3-6-14-15(11)2)13-9-12(16)4-7-17-8-5-12/h3,6,10,13,16H,4-5,7-9H2,1-2H3. The molecule has 1 saturated heterocycles. The van der Waals surface area contributed by atoms with Gasteiger partial charge in [0.2, 0.25) is 0 Å². The lowest BCUT2D eigenvalue weighted by atomic mass is 9.94. The van der Waals surface area contributed by atoms with Crippen molar-refractivity contribution in [3.05, 3.63) is 18.0 Å². The Labute approximate surface area is 102 Å². The number of aliphatic hydroxyl groups is 1. The minimum atomic E-state index is -0.620. The maximum absolute atomic E-state index is 10.3.